The molecule has 0 radical (unpaired) electrons. The standard InChI is InChI=1S/C18H26N2O3/c1-18(2,3)17(23)19-15-5-4-10-20(12-15)11-13-6-8-14(9-7-13)16(21)22/h6-9,15H,4-5,10-12H2,1-3H3,(H,19,23)(H,21,22). The second-order valence-corrected chi connectivity index (χ2v) is 7.30. The van der Waals surface area contributed by atoms with E-state index in [0.29, 0.717) is 5.56 Å². The Morgan fingerprint density at radius 1 is 1.26 bits per heavy atom. The molecule has 0 spiro atoms. The van der Waals surface area contributed by atoms with Crippen molar-refractivity contribution in [1.29, 1.82) is 0 Å². The highest BCUT2D eigenvalue weighted by Gasteiger charge is 2.26. The molecule has 23 heavy (non-hydrogen) atoms. The summed E-state index contributed by atoms with van der Waals surface area (Å²) in [6.45, 7) is 8.39. The number of rotatable bonds is 4. The molecule has 5 nitrogen and oxygen atoms in total. The number of nitrogens with one attached hydrogen (secondary N) is 1. The quantitative estimate of drug-likeness (QED) is 0.895. The summed E-state index contributed by atoms with van der Waals surface area (Å²) in [5.41, 5.74) is 1.04. The van der Waals surface area contributed by atoms with Gasteiger partial charge in [-0.05, 0) is 37.1 Å². The Hall–Kier alpha value is -1.88. The smallest absolute Gasteiger partial charge is 0.335 e. The molecule has 1 unspecified atom stereocenters. The van der Waals surface area contributed by atoms with Crippen LogP contribution in [-0.2, 0) is 11.3 Å². The van der Waals surface area contributed by atoms with Gasteiger partial charge in [0.2, 0.25) is 5.91 Å². The number of benzene rings is 1. The third-order valence-electron chi connectivity index (χ3n) is 4.13. The van der Waals surface area contributed by atoms with E-state index in [2.05, 4.69) is 10.2 Å². The maximum atomic E-state index is 12.1. The van der Waals surface area contributed by atoms with Crippen LogP contribution in [-0.4, -0.2) is 41.0 Å². The number of aromatic carboxylic acids is 1. The predicted molar refractivity (Wildman–Crippen MR) is 89.3 cm³/mol. The molecule has 0 aromatic heterocycles. The summed E-state index contributed by atoms with van der Waals surface area (Å²) in [6, 6.07) is 7.19. The van der Waals surface area contributed by atoms with E-state index in [-0.39, 0.29) is 17.4 Å². The van der Waals surface area contributed by atoms with Crippen molar-refractivity contribution in [3.63, 3.8) is 0 Å². The van der Waals surface area contributed by atoms with Gasteiger partial charge < -0.3 is 10.4 Å². The van der Waals surface area contributed by atoms with Gasteiger partial charge in [-0.3, -0.25) is 9.69 Å². The van der Waals surface area contributed by atoms with E-state index in [1.807, 2.05) is 32.9 Å². The average molecular weight is 318 g/mol. The number of carboxylic acid groups (broad SMARTS) is 1. The van der Waals surface area contributed by atoms with E-state index in [1.165, 1.54) is 0 Å². The molecule has 126 valence electrons. The fraction of sp³-hybridized carbons (Fsp3) is 0.556. The van der Waals surface area contributed by atoms with E-state index >= 15 is 0 Å². The molecule has 1 aromatic rings. The van der Waals surface area contributed by atoms with Gasteiger partial charge in [0.15, 0.2) is 0 Å². The molecule has 0 bridgehead atoms. The molecule has 2 N–H and O–H groups in total. The molecule has 1 heterocycles. The van der Waals surface area contributed by atoms with E-state index < -0.39 is 5.97 Å². The van der Waals surface area contributed by atoms with Gasteiger partial charge in [-0.25, -0.2) is 4.79 Å². The van der Waals surface area contributed by atoms with Crippen LogP contribution >= 0.6 is 0 Å². The lowest BCUT2D eigenvalue weighted by Gasteiger charge is -2.34. The minimum absolute atomic E-state index is 0.0927. The van der Waals surface area contributed by atoms with Crippen LogP contribution in [0.4, 0.5) is 0 Å². The second-order valence-electron chi connectivity index (χ2n) is 7.30. The number of hydrogen-bond donors (Lipinski definition) is 2. The summed E-state index contributed by atoms with van der Waals surface area (Å²) in [5.74, 6) is -0.811. The fourth-order valence-corrected chi connectivity index (χ4v) is 2.73. The third-order valence-corrected chi connectivity index (χ3v) is 4.13. The first-order valence-electron chi connectivity index (χ1n) is 8.11. The Morgan fingerprint density at radius 3 is 2.48 bits per heavy atom. The van der Waals surface area contributed by atoms with Crippen molar-refractivity contribution in [1.82, 2.24) is 10.2 Å². The third kappa shape index (κ3) is 5.06. The Kier molecular flexibility index (Phi) is 5.42. The first-order valence-corrected chi connectivity index (χ1v) is 8.11. The van der Waals surface area contributed by atoms with Crippen LogP contribution in [0.2, 0.25) is 0 Å². The van der Waals surface area contributed by atoms with Gasteiger partial charge in [-0.1, -0.05) is 32.9 Å². The average Bonchev–Trinajstić information content (AvgIpc) is 2.47. The van der Waals surface area contributed by atoms with Crippen LogP contribution in [0.15, 0.2) is 24.3 Å². The van der Waals surface area contributed by atoms with Crippen LogP contribution < -0.4 is 5.32 Å². The van der Waals surface area contributed by atoms with Gasteiger partial charge in [-0.2, -0.15) is 0 Å². The number of nitrogens with zero attached hydrogens (tertiary/aromatic N) is 1. The molecule has 1 aromatic carbocycles. The van der Waals surface area contributed by atoms with Crippen molar-refractivity contribution < 1.29 is 14.7 Å². The van der Waals surface area contributed by atoms with E-state index in [4.69, 9.17) is 5.11 Å². The first-order chi connectivity index (χ1) is 10.8. The summed E-state index contributed by atoms with van der Waals surface area (Å²) in [5, 5.41) is 12.1. The largest absolute Gasteiger partial charge is 0.478 e. The Bertz CT molecular complexity index is 561. The fourth-order valence-electron chi connectivity index (χ4n) is 2.73. The van der Waals surface area contributed by atoms with Crippen LogP contribution in [0, 0.1) is 5.41 Å². The molecule has 1 fully saturated rings. The summed E-state index contributed by atoms with van der Waals surface area (Å²) < 4.78 is 0. The maximum absolute atomic E-state index is 12.1. The first kappa shape index (κ1) is 17.5. The summed E-state index contributed by atoms with van der Waals surface area (Å²) in [4.78, 5) is 25.3. The van der Waals surface area contributed by atoms with Crippen LogP contribution in [0.5, 0.6) is 0 Å². The highest BCUT2D eigenvalue weighted by atomic mass is 16.4. The zero-order valence-electron chi connectivity index (χ0n) is 14.1. The Morgan fingerprint density at radius 2 is 1.91 bits per heavy atom. The molecule has 5 heteroatoms. The zero-order chi connectivity index (χ0) is 17.0. The van der Waals surface area contributed by atoms with Crippen LogP contribution in [0.1, 0.15) is 49.5 Å². The highest BCUT2D eigenvalue weighted by molar-refractivity contribution is 5.87. The van der Waals surface area contributed by atoms with E-state index in [0.717, 1.165) is 38.0 Å². The van der Waals surface area contributed by atoms with Gasteiger partial charge >= 0.3 is 5.97 Å². The molecule has 0 saturated carbocycles. The molecule has 2 rings (SSSR count). The van der Waals surface area contributed by atoms with E-state index in [1.54, 1.807) is 12.1 Å². The lowest BCUT2D eigenvalue weighted by Crippen LogP contribution is -2.50. The Labute approximate surface area is 137 Å². The molecule has 1 aliphatic heterocycles. The lowest BCUT2D eigenvalue weighted by molar-refractivity contribution is -0.129. The molecule has 1 amide bonds. The summed E-state index contributed by atoms with van der Waals surface area (Å²) in [7, 11) is 0. The lowest BCUT2D eigenvalue weighted by atomic mass is 9.94. The summed E-state index contributed by atoms with van der Waals surface area (Å²) in [6.07, 6.45) is 2.07. The monoisotopic (exact) mass is 318 g/mol. The van der Waals surface area contributed by atoms with Gasteiger partial charge in [0.1, 0.15) is 0 Å². The second kappa shape index (κ2) is 7.13. The number of carboxylic acids is 1. The maximum Gasteiger partial charge on any atom is 0.335 e. The van der Waals surface area contributed by atoms with Gasteiger partial charge in [0.05, 0.1) is 5.56 Å². The Balaban J connectivity index is 1.91. The number of likely N-dealkylation sites (tertiary alicyclic amines) is 1. The zero-order valence-corrected chi connectivity index (χ0v) is 14.1. The van der Waals surface area contributed by atoms with Crippen molar-refractivity contribution in [3.05, 3.63) is 35.4 Å². The molecular formula is C18H26N2O3. The minimum Gasteiger partial charge on any atom is -0.478 e. The summed E-state index contributed by atoms with van der Waals surface area (Å²) >= 11 is 0. The highest BCUT2D eigenvalue weighted by Crippen LogP contribution is 2.17. The molecular weight excluding hydrogens is 292 g/mol. The van der Waals surface area contributed by atoms with E-state index in [9.17, 15) is 9.59 Å². The number of carbonyl (C=O) groups is 2. The van der Waals surface area contributed by atoms with Crippen LogP contribution in [0.3, 0.4) is 0 Å². The van der Waals surface area contributed by atoms with Gasteiger partial charge in [-0.15, -0.1) is 0 Å². The molecule has 1 aliphatic rings. The van der Waals surface area contributed by atoms with Crippen molar-refractivity contribution in [2.75, 3.05) is 13.1 Å². The van der Waals surface area contributed by atoms with Crippen LogP contribution in [0.25, 0.3) is 0 Å². The topological polar surface area (TPSA) is 69.6 Å². The normalized spacial score (nSPS) is 19.3. The van der Waals surface area contributed by atoms with Crippen molar-refractivity contribution >= 4 is 11.9 Å². The van der Waals surface area contributed by atoms with Crippen molar-refractivity contribution in [2.24, 2.45) is 5.41 Å². The SMILES string of the molecule is CC(C)(C)C(=O)NC1CCCN(Cc2ccc(C(=O)O)cc2)C1. The molecule has 1 atom stereocenters. The number of hydrogen-bond acceptors (Lipinski definition) is 3. The number of amides is 1. The van der Waals surface area contributed by atoms with Crippen molar-refractivity contribution in [2.45, 2.75) is 46.2 Å². The van der Waals surface area contributed by atoms with Gasteiger partial charge in [0, 0.05) is 24.5 Å². The predicted octanol–water partition coefficient (Wildman–Crippen LogP) is 2.51. The van der Waals surface area contributed by atoms with Gasteiger partial charge in [0.25, 0.3) is 0 Å². The number of piperidine rings is 1. The minimum atomic E-state index is -0.903. The molecule has 0 aliphatic carbocycles. The molecule has 1 saturated heterocycles. The van der Waals surface area contributed by atoms with Crippen molar-refractivity contribution in [3.8, 4) is 0 Å². The number of carbonyl (C=O) groups excluding carboxylic acids is 1.